The molecule has 1 saturated heterocycles. The standard InChI is InChI=1S/C19H27N3O2/c20-15-8-6-7-14(13-15)18(23)21-17-10-3-2-9-16(17)19(24)22-11-4-1-5-12-22/h2-3,9-10,14-15H,1,4-8,11-13,20H2,(H,21,23). The van der Waals surface area contributed by atoms with Gasteiger partial charge in [0.15, 0.2) is 0 Å². The molecule has 2 amide bonds. The monoisotopic (exact) mass is 329 g/mol. The van der Waals surface area contributed by atoms with Crippen molar-refractivity contribution in [3.63, 3.8) is 0 Å². The fourth-order valence-electron chi connectivity index (χ4n) is 3.75. The number of nitrogens with zero attached hydrogens (tertiary/aromatic N) is 1. The summed E-state index contributed by atoms with van der Waals surface area (Å²) in [6, 6.07) is 7.44. The molecule has 130 valence electrons. The fourth-order valence-corrected chi connectivity index (χ4v) is 3.75. The molecule has 1 aromatic carbocycles. The number of amides is 2. The van der Waals surface area contributed by atoms with Gasteiger partial charge in [-0.15, -0.1) is 0 Å². The maximum atomic E-state index is 12.8. The van der Waals surface area contributed by atoms with E-state index in [9.17, 15) is 9.59 Å². The highest BCUT2D eigenvalue weighted by molar-refractivity contribution is 6.04. The SMILES string of the molecule is NC1CCCC(C(=O)Nc2ccccc2C(=O)N2CCCCC2)C1. The zero-order valence-corrected chi connectivity index (χ0v) is 14.2. The molecular formula is C19H27N3O2. The summed E-state index contributed by atoms with van der Waals surface area (Å²) in [6.07, 6.45) is 6.89. The number of piperidine rings is 1. The van der Waals surface area contributed by atoms with Crippen molar-refractivity contribution >= 4 is 17.5 Å². The third-order valence-corrected chi connectivity index (χ3v) is 5.14. The van der Waals surface area contributed by atoms with E-state index in [1.54, 1.807) is 6.07 Å². The Morgan fingerprint density at radius 3 is 2.54 bits per heavy atom. The minimum absolute atomic E-state index is 0.0101. The van der Waals surface area contributed by atoms with E-state index in [0.717, 1.165) is 51.6 Å². The van der Waals surface area contributed by atoms with Crippen molar-refractivity contribution in [2.45, 2.75) is 51.0 Å². The molecule has 0 aromatic heterocycles. The van der Waals surface area contributed by atoms with Gasteiger partial charge < -0.3 is 16.0 Å². The van der Waals surface area contributed by atoms with Gasteiger partial charge in [-0.05, 0) is 50.7 Å². The Hall–Kier alpha value is -1.88. The van der Waals surface area contributed by atoms with E-state index in [4.69, 9.17) is 5.73 Å². The van der Waals surface area contributed by atoms with Gasteiger partial charge in [0.1, 0.15) is 0 Å². The van der Waals surface area contributed by atoms with Crippen LogP contribution in [0.2, 0.25) is 0 Å². The lowest BCUT2D eigenvalue weighted by molar-refractivity contribution is -0.120. The first-order valence-electron chi connectivity index (χ1n) is 9.10. The average molecular weight is 329 g/mol. The molecule has 2 aliphatic rings. The second kappa shape index (κ2) is 7.79. The van der Waals surface area contributed by atoms with Crippen molar-refractivity contribution in [2.24, 2.45) is 11.7 Å². The van der Waals surface area contributed by atoms with Gasteiger partial charge >= 0.3 is 0 Å². The molecule has 5 nitrogen and oxygen atoms in total. The van der Waals surface area contributed by atoms with Gasteiger partial charge in [-0.25, -0.2) is 0 Å². The fraction of sp³-hybridized carbons (Fsp3) is 0.579. The second-order valence-corrected chi connectivity index (χ2v) is 7.01. The molecule has 0 bridgehead atoms. The van der Waals surface area contributed by atoms with Crippen LogP contribution in [-0.2, 0) is 4.79 Å². The van der Waals surface area contributed by atoms with E-state index in [1.165, 1.54) is 6.42 Å². The number of anilines is 1. The minimum atomic E-state index is -0.0492. The van der Waals surface area contributed by atoms with Gasteiger partial charge in [0.2, 0.25) is 5.91 Å². The molecule has 0 radical (unpaired) electrons. The number of likely N-dealkylation sites (tertiary alicyclic amines) is 1. The van der Waals surface area contributed by atoms with Crippen LogP contribution in [0.4, 0.5) is 5.69 Å². The lowest BCUT2D eigenvalue weighted by Crippen LogP contribution is -2.37. The summed E-state index contributed by atoms with van der Waals surface area (Å²) in [5.74, 6) is -0.0399. The molecule has 24 heavy (non-hydrogen) atoms. The summed E-state index contributed by atoms with van der Waals surface area (Å²) in [4.78, 5) is 27.3. The average Bonchev–Trinajstić information content (AvgIpc) is 2.62. The molecule has 2 unspecified atom stereocenters. The van der Waals surface area contributed by atoms with Gasteiger partial charge in [-0.3, -0.25) is 9.59 Å². The second-order valence-electron chi connectivity index (χ2n) is 7.01. The van der Waals surface area contributed by atoms with Crippen LogP contribution in [0.1, 0.15) is 55.3 Å². The summed E-state index contributed by atoms with van der Waals surface area (Å²) in [5, 5.41) is 2.98. The maximum Gasteiger partial charge on any atom is 0.255 e. The number of benzene rings is 1. The number of hydrogen-bond acceptors (Lipinski definition) is 3. The van der Waals surface area contributed by atoms with E-state index < -0.39 is 0 Å². The van der Waals surface area contributed by atoms with Crippen LogP contribution in [-0.4, -0.2) is 35.8 Å². The van der Waals surface area contributed by atoms with Gasteiger partial charge in [-0.1, -0.05) is 18.6 Å². The van der Waals surface area contributed by atoms with E-state index in [0.29, 0.717) is 11.3 Å². The molecule has 2 fully saturated rings. The maximum absolute atomic E-state index is 12.8. The predicted octanol–water partition coefficient (Wildman–Crippen LogP) is 2.77. The van der Waals surface area contributed by atoms with Gasteiger partial charge in [0.05, 0.1) is 11.3 Å². The number of carbonyl (C=O) groups is 2. The first kappa shape index (κ1) is 17.0. The zero-order chi connectivity index (χ0) is 16.9. The van der Waals surface area contributed by atoms with Crippen molar-refractivity contribution in [2.75, 3.05) is 18.4 Å². The summed E-state index contributed by atoms with van der Waals surface area (Å²) >= 11 is 0. The summed E-state index contributed by atoms with van der Waals surface area (Å²) < 4.78 is 0. The van der Waals surface area contributed by atoms with Crippen molar-refractivity contribution in [3.8, 4) is 0 Å². The quantitative estimate of drug-likeness (QED) is 0.895. The molecular weight excluding hydrogens is 302 g/mol. The van der Waals surface area contributed by atoms with Gasteiger partial charge in [-0.2, -0.15) is 0 Å². The lowest BCUT2D eigenvalue weighted by Gasteiger charge is -2.28. The Morgan fingerprint density at radius 1 is 1.04 bits per heavy atom. The highest BCUT2D eigenvalue weighted by atomic mass is 16.2. The Balaban J connectivity index is 1.71. The first-order valence-corrected chi connectivity index (χ1v) is 9.10. The highest BCUT2D eigenvalue weighted by Crippen LogP contribution is 2.26. The lowest BCUT2D eigenvalue weighted by atomic mass is 9.85. The zero-order valence-electron chi connectivity index (χ0n) is 14.2. The number of nitrogens with two attached hydrogens (primary N) is 1. The number of hydrogen-bond donors (Lipinski definition) is 2. The van der Waals surface area contributed by atoms with Crippen molar-refractivity contribution in [1.82, 2.24) is 4.90 Å². The number of para-hydroxylation sites is 1. The molecule has 1 aromatic rings. The van der Waals surface area contributed by atoms with Crippen molar-refractivity contribution < 1.29 is 9.59 Å². The van der Waals surface area contributed by atoms with Gasteiger partial charge in [0.25, 0.3) is 5.91 Å². The van der Waals surface area contributed by atoms with Crippen LogP contribution in [0.15, 0.2) is 24.3 Å². The molecule has 3 N–H and O–H groups in total. The molecule has 5 heteroatoms. The third kappa shape index (κ3) is 3.96. The molecule has 0 spiro atoms. The van der Waals surface area contributed by atoms with Crippen LogP contribution >= 0.6 is 0 Å². The molecule has 1 saturated carbocycles. The van der Waals surface area contributed by atoms with Crippen molar-refractivity contribution in [3.05, 3.63) is 29.8 Å². The van der Waals surface area contributed by atoms with Crippen LogP contribution in [0.5, 0.6) is 0 Å². The topological polar surface area (TPSA) is 75.4 Å². The third-order valence-electron chi connectivity index (χ3n) is 5.14. The van der Waals surface area contributed by atoms with Crippen LogP contribution in [0.3, 0.4) is 0 Å². The normalized spacial score (nSPS) is 24.5. The molecule has 1 aliphatic heterocycles. The van der Waals surface area contributed by atoms with Crippen molar-refractivity contribution in [1.29, 1.82) is 0 Å². The smallest absolute Gasteiger partial charge is 0.255 e. The number of carbonyl (C=O) groups excluding carboxylic acids is 2. The molecule has 1 aliphatic carbocycles. The highest BCUT2D eigenvalue weighted by Gasteiger charge is 2.27. The molecule has 1 heterocycles. The Kier molecular flexibility index (Phi) is 5.51. The van der Waals surface area contributed by atoms with E-state index in [2.05, 4.69) is 5.32 Å². The van der Waals surface area contributed by atoms with E-state index in [1.807, 2.05) is 23.1 Å². The molecule has 2 atom stereocenters. The van der Waals surface area contributed by atoms with Crippen LogP contribution in [0.25, 0.3) is 0 Å². The minimum Gasteiger partial charge on any atom is -0.339 e. The number of rotatable bonds is 3. The van der Waals surface area contributed by atoms with Crippen LogP contribution < -0.4 is 11.1 Å². The van der Waals surface area contributed by atoms with E-state index >= 15 is 0 Å². The summed E-state index contributed by atoms with van der Waals surface area (Å²) in [5.41, 5.74) is 7.20. The Labute approximate surface area is 143 Å². The van der Waals surface area contributed by atoms with E-state index in [-0.39, 0.29) is 23.8 Å². The largest absolute Gasteiger partial charge is 0.339 e. The molecule has 3 rings (SSSR count). The Bertz CT molecular complexity index is 596. The number of nitrogens with one attached hydrogen (secondary N) is 1. The predicted molar refractivity (Wildman–Crippen MR) is 94.8 cm³/mol. The van der Waals surface area contributed by atoms with Gasteiger partial charge in [0, 0.05) is 25.0 Å². The Morgan fingerprint density at radius 2 is 1.79 bits per heavy atom. The first-order chi connectivity index (χ1) is 11.6. The summed E-state index contributed by atoms with van der Waals surface area (Å²) in [7, 11) is 0. The van der Waals surface area contributed by atoms with Crippen LogP contribution in [0, 0.1) is 5.92 Å². The summed E-state index contributed by atoms with van der Waals surface area (Å²) in [6.45, 7) is 1.61.